The Balaban J connectivity index is 3.57. The number of aromatic amines is 1. The van der Waals surface area contributed by atoms with Gasteiger partial charge in [-0.25, -0.2) is 0 Å². The summed E-state index contributed by atoms with van der Waals surface area (Å²) in [5.74, 6) is -0.747. The van der Waals surface area contributed by atoms with Crippen molar-refractivity contribution in [1.82, 2.24) is 4.98 Å². The maximum atomic E-state index is 11.1. The van der Waals surface area contributed by atoms with Crippen LogP contribution < -0.4 is 5.73 Å². The van der Waals surface area contributed by atoms with Crippen molar-refractivity contribution in [2.75, 3.05) is 0 Å². The molecule has 1 aromatic rings. The first-order chi connectivity index (χ1) is 6.45. The van der Waals surface area contributed by atoms with Crippen molar-refractivity contribution in [3.05, 3.63) is 27.5 Å². The van der Waals surface area contributed by atoms with Gasteiger partial charge in [0.2, 0.25) is 0 Å². The van der Waals surface area contributed by atoms with E-state index in [1.807, 2.05) is 0 Å². The van der Waals surface area contributed by atoms with Gasteiger partial charge in [0, 0.05) is 11.8 Å². The Kier molecular flexibility index (Phi) is 2.81. The molecule has 1 aromatic heterocycles. The molecule has 4 nitrogen and oxygen atoms in total. The second-order valence-electron chi connectivity index (χ2n) is 2.95. The monoisotopic (exact) mass is 210 g/mol. The fourth-order valence-corrected chi connectivity index (χ4v) is 1.60. The number of primary amides is 1. The zero-order chi connectivity index (χ0) is 10.9. The highest BCUT2D eigenvalue weighted by Gasteiger charge is 2.13. The Morgan fingerprint density at radius 1 is 1.50 bits per heavy atom. The maximum Gasteiger partial charge on any atom is 0.251 e. The van der Waals surface area contributed by atoms with Crippen LogP contribution in [-0.4, -0.2) is 16.7 Å². The highest BCUT2D eigenvalue weighted by molar-refractivity contribution is 7.71. The Hall–Kier alpha value is -1.49. The largest absolute Gasteiger partial charge is 0.365 e. The molecular weight excluding hydrogens is 200 g/mol. The molecule has 74 valence electrons. The van der Waals surface area contributed by atoms with Crippen LogP contribution in [0.1, 0.15) is 33.2 Å². The van der Waals surface area contributed by atoms with Crippen molar-refractivity contribution in [1.29, 1.82) is 0 Å². The van der Waals surface area contributed by atoms with Crippen LogP contribution in [0.3, 0.4) is 0 Å². The summed E-state index contributed by atoms with van der Waals surface area (Å²) in [6.07, 6.45) is 1.49. The molecule has 1 amide bonds. The number of aromatic nitrogens is 1. The number of rotatable bonds is 2. The first-order valence-corrected chi connectivity index (χ1v) is 4.39. The third-order valence-corrected chi connectivity index (χ3v) is 2.30. The zero-order valence-corrected chi connectivity index (χ0v) is 8.70. The lowest BCUT2D eigenvalue weighted by Gasteiger charge is -2.05. The molecule has 0 fully saturated rings. The molecule has 14 heavy (non-hydrogen) atoms. The van der Waals surface area contributed by atoms with E-state index >= 15 is 0 Å². The summed E-state index contributed by atoms with van der Waals surface area (Å²) in [6.45, 7) is 3.07. The topological polar surface area (TPSA) is 75.9 Å². The molecule has 0 radical (unpaired) electrons. The summed E-state index contributed by atoms with van der Waals surface area (Å²) in [4.78, 5) is 24.9. The zero-order valence-electron chi connectivity index (χ0n) is 7.88. The normalized spacial score (nSPS) is 9.86. The standard InChI is InChI=1S/C9H10N2O2S/c1-4-6(5(2)12)3-11-9(14)7(4)8(10)13/h3H,1-2H3,(H2,10,13)(H,11,14). The molecule has 0 unspecified atom stereocenters. The van der Waals surface area contributed by atoms with Gasteiger partial charge in [-0.2, -0.15) is 0 Å². The highest BCUT2D eigenvalue weighted by atomic mass is 32.1. The summed E-state index contributed by atoms with van der Waals surface area (Å²) < 4.78 is 0.264. The molecule has 5 heteroatoms. The molecule has 0 aliphatic heterocycles. The summed E-state index contributed by atoms with van der Waals surface area (Å²) in [5.41, 5.74) is 6.34. The van der Waals surface area contributed by atoms with Crippen molar-refractivity contribution < 1.29 is 9.59 Å². The molecule has 0 aliphatic carbocycles. The number of H-pyrrole nitrogens is 1. The quantitative estimate of drug-likeness (QED) is 0.571. The summed E-state index contributed by atoms with van der Waals surface area (Å²) >= 11 is 4.89. The Labute approximate surface area is 86.1 Å². The molecule has 0 spiro atoms. The SMILES string of the molecule is CC(=O)c1c[nH]c(=S)c(C(N)=O)c1C. The number of Topliss-reactive ketones (excluding diaryl/α,β-unsaturated/α-hetero) is 1. The summed E-state index contributed by atoms with van der Waals surface area (Å²) in [7, 11) is 0. The van der Waals surface area contributed by atoms with Crippen molar-refractivity contribution in [2.45, 2.75) is 13.8 Å². The van der Waals surface area contributed by atoms with Crippen LogP contribution in [0.2, 0.25) is 0 Å². The first kappa shape index (κ1) is 10.6. The van der Waals surface area contributed by atoms with E-state index in [4.69, 9.17) is 18.0 Å². The number of amides is 1. The number of hydrogen-bond donors (Lipinski definition) is 2. The number of nitrogens with two attached hydrogens (primary N) is 1. The van der Waals surface area contributed by atoms with Crippen LogP contribution in [0.15, 0.2) is 6.20 Å². The smallest absolute Gasteiger partial charge is 0.251 e. The number of hydrogen-bond acceptors (Lipinski definition) is 3. The molecule has 0 aromatic carbocycles. The van der Waals surface area contributed by atoms with Crippen LogP contribution in [-0.2, 0) is 0 Å². The number of carbonyl (C=O) groups is 2. The molecule has 1 rings (SSSR count). The van der Waals surface area contributed by atoms with Crippen LogP contribution in [0.5, 0.6) is 0 Å². The van der Waals surface area contributed by atoms with E-state index in [2.05, 4.69) is 4.98 Å². The minimum absolute atomic E-state index is 0.128. The number of carbonyl (C=O) groups excluding carboxylic acids is 2. The van der Waals surface area contributed by atoms with Gasteiger partial charge in [-0.3, -0.25) is 9.59 Å². The molecule has 0 saturated carbocycles. The molecule has 0 bridgehead atoms. The van der Waals surface area contributed by atoms with E-state index < -0.39 is 5.91 Å². The average molecular weight is 210 g/mol. The number of nitrogens with one attached hydrogen (secondary N) is 1. The molecule has 3 N–H and O–H groups in total. The van der Waals surface area contributed by atoms with Crippen molar-refractivity contribution in [3.63, 3.8) is 0 Å². The van der Waals surface area contributed by atoms with Gasteiger partial charge in [-0.15, -0.1) is 0 Å². The van der Waals surface area contributed by atoms with Crippen LogP contribution >= 0.6 is 12.2 Å². The van der Waals surface area contributed by atoms with Crippen molar-refractivity contribution >= 4 is 23.9 Å². The van der Waals surface area contributed by atoms with Gasteiger partial charge in [0.25, 0.3) is 5.91 Å². The van der Waals surface area contributed by atoms with E-state index in [0.29, 0.717) is 11.1 Å². The second-order valence-corrected chi connectivity index (χ2v) is 3.36. The Morgan fingerprint density at radius 3 is 2.50 bits per heavy atom. The summed E-state index contributed by atoms with van der Waals surface area (Å²) in [6, 6.07) is 0. The van der Waals surface area contributed by atoms with Crippen molar-refractivity contribution in [2.24, 2.45) is 5.73 Å². The predicted octanol–water partition coefficient (Wildman–Crippen LogP) is 1.35. The van der Waals surface area contributed by atoms with Gasteiger partial charge in [0.05, 0.1) is 5.56 Å². The third kappa shape index (κ3) is 1.72. The minimum atomic E-state index is -0.619. The molecule has 0 aliphatic rings. The van der Waals surface area contributed by atoms with E-state index in [9.17, 15) is 9.59 Å². The fourth-order valence-electron chi connectivity index (χ4n) is 1.29. The second kappa shape index (κ2) is 3.71. The lowest BCUT2D eigenvalue weighted by atomic mass is 10.0. The molecular formula is C9H10N2O2S. The fraction of sp³-hybridized carbons (Fsp3) is 0.222. The lowest BCUT2D eigenvalue weighted by Crippen LogP contribution is -2.16. The van der Waals surface area contributed by atoms with Crippen LogP contribution in [0.25, 0.3) is 0 Å². The van der Waals surface area contributed by atoms with Gasteiger partial charge < -0.3 is 10.7 Å². The van der Waals surface area contributed by atoms with Crippen LogP contribution in [0.4, 0.5) is 0 Å². The molecule has 1 heterocycles. The van der Waals surface area contributed by atoms with Gasteiger partial charge in [0.15, 0.2) is 5.78 Å². The molecule has 0 saturated heterocycles. The first-order valence-electron chi connectivity index (χ1n) is 3.98. The van der Waals surface area contributed by atoms with Gasteiger partial charge in [-0.05, 0) is 19.4 Å². The molecule has 0 atom stereocenters. The summed E-state index contributed by atoms with van der Waals surface area (Å²) in [5, 5.41) is 0. The van der Waals surface area contributed by atoms with Crippen molar-refractivity contribution in [3.8, 4) is 0 Å². The minimum Gasteiger partial charge on any atom is -0.365 e. The highest BCUT2D eigenvalue weighted by Crippen LogP contribution is 2.13. The third-order valence-electron chi connectivity index (χ3n) is 1.98. The van der Waals surface area contributed by atoms with Gasteiger partial charge in [0.1, 0.15) is 4.64 Å². The maximum absolute atomic E-state index is 11.1. The van der Waals surface area contributed by atoms with Gasteiger partial charge >= 0.3 is 0 Å². The van der Waals surface area contributed by atoms with E-state index in [1.54, 1.807) is 6.92 Å². The average Bonchev–Trinajstić information content (AvgIpc) is 2.02. The number of pyridine rings is 1. The Bertz CT molecular complexity index is 462. The van der Waals surface area contributed by atoms with E-state index in [-0.39, 0.29) is 16.0 Å². The lowest BCUT2D eigenvalue weighted by molar-refractivity contribution is 0.0999. The number of ketones is 1. The van der Waals surface area contributed by atoms with E-state index in [1.165, 1.54) is 13.1 Å². The van der Waals surface area contributed by atoms with E-state index in [0.717, 1.165) is 0 Å². The Morgan fingerprint density at radius 2 is 2.07 bits per heavy atom. The van der Waals surface area contributed by atoms with Crippen LogP contribution in [0, 0.1) is 11.6 Å². The predicted molar refractivity (Wildman–Crippen MR) is 54.9 cm³/mol. The van der Waals surface area contributed by atoms with Gasteiger partial charge in [-0.1, -0.05) is 12.2 Å².